The maximum absolute atomic E-state index is 5.67. The van der Waals surface area contributed by atoms with E-state index < -0.39 is 0 Å². The molecule has 0 fully saturated rings. The predicted molar refractivity (Wildman–Crippen MR) is 87.5 cm³/mol. The molecular weight excluding hydrogens is 330 g/mol. The van der Waals surface area contributed by atoms with Gasteiger partial charge < -0.3 is 10.1 Å². The van der Waals surface area contributed by atoms with Crippen LogP contribution in [0.4, 0.5) is 0 Å². The number of ether oxygens (including phenoxy) is 1. The molecule has 4 nitrogen and oxygen atoms in total. The molecule has 1 unspecified atom stereocenters. The van der Waals surface area contributed by atoms with E-state index in [4.69, 9.17) is 4.74 Å². The minimum Gasteiger partial charge on any atom is -0.492 e. The standard InChI is InChI=1S/C16H20BrN3O/c1-3-8-21-13-9-12(10-18-11-13)15(19-4-2)16-14(17)6-5-7-20-16/h5-7,9-11,15,19H,3-4,8H2,1-2H3. The molecule has 0 bridgehead atoms. The summed E-state index contributed by atoms with van der Waals surface area (Å²) in [6.45, 7) is 5.70. The summed E-state index contributed by atoms with van der Waals surface area (Å²) in [5, 5.41) is 3.45. The Hall–Kier alpha value is -1.46. The highest BCUT2D eigenvalue weighted by Crippen LogP contribution is 2.28. The lowest BCUT2D eigenvalue weighted by molar-refractivity contribution is 0.315. The van der Waals surface area contributed by atoms with Crippen molar-refractivity contribution in [3.63, 3.8) is 0 Å². The lowest BCUT2D eigenvalue weighted by atomic mass is 10.0. The molecule has 5 heteroatoms. The number of halogens is 1. The van der Waals surface area contributed by atoms with E-state index in [0.717, 1.165) is 34.4 Å². The van der Waals surface area contributed by atoms with Crippen LogP contribution in [0, 0.1) is 0 Å². The Morgan fingerprint density at radius 3 is 2.90 bits per heavy atom. The van der Waals surface area contributed by atoms with E-state index in [1.165, 1.54) is 0 Å². The number of aromatic nitrogens is 2. The van der Waals surface area contributed by atoms with Crippen molar-refractivity contribution in [2.24, 2.45) is 0 Å². The summed E-state index contributed by atoms with van der Waals surface area (Å²) in [7, 11) is 0. The minimum absolute atomic E-state index is 0.0109. The molecule has 112 valence electrons. The third-order valence-corrected chi connectivity index (χ3v) is 3.68. The van der Waals surface area contributed by atoms with Crippen LogP contribution in [0.5, 0.6) is 5.75 Å². The number of nitrogens with zero attached hydrogens (tertiary/aromatic N) is 2. The molecule has 21 heavy (non-hydrogen) atoms. The lowest BCUT2D eigenvalue weighted by Gasteiger charge is -2.19. The minimum atomic E-state index is -0.0109. The van der Waals surface area contributed by atoms with Crippen LogP contribution in [-0.4, -0.2) is 23.1 Å². The summed E-state index contributed by atoms with van der Waals surface area (Å²) in [5.74, 6) is 0.796. The van der Waals surface area contributed by atoms with Gasteiger partial charge in [0.2, 0.25) is 0 Å². The largest absolute Gasteiger partial charge is 0.492 e. The highest BCUT2D eigenvalue weighted by atomic mass is 79.9. The Labute approximate surface area is 134 Å². The quantitative estimate of drug-likeness (QED) is 0.827. The van der Waals surface area contributed by atoms with Crippen molar-refractivity contribution < 1.29 is 4.74 Å². The van der Waals surface area contributed by atoms with Gasteiger partial charge in [-0.3, -0.25) is 9.97 Å². The molecule has 1 N–H and O–H groups in total. The Morgan fingerprint density at radius 2 is 2.19 bits per heavy atom. The first-order chi connectivity index (χ1) is 10.3. The summed E-state index contributed by atoms with van der Waals surface area (Å²) in [4.78, 5) is 8.78. The third-order valence-electron chi connectivity index (χ3n) is 3.01. The first-order valence-electron chi connectivity index (χ1n) is 7.17. The van der Waals surface area contributed by atoms with Crippen molar-refractivity contribution in [3.05, 3.63) is 52.5 Å². The van der Waals surface area contributed by atoms with Crippen molar-refractivity contribution >= 4 is 15.9 Å². The molecule has 0 saturated heterocycles. The summed E-state index contributed by atoms with van der Waals surface area (Å²) in [6, 6.07) is 5.92. The van der Waals surface area contributed by atoms with E-state index in [0.29, 0.717) is 6.61 Å². The van der Waals surface area contributed by atoms with Gasteiger partial charge in [0, 0.05) is 16.9 Å². The number of rotatable bonds is 7. The van der Waals surface area contributed by atoms with Gasteiger partial charge in [0.15, 0.2) is 0 Å². The van der Waals surface area contributed by atoms with Gasteiger partial charge in [-0.05, 0) is 52.7 Å². The second-order valence-electron chi connectivity index (χ2n) is 4.66. The predicted octanol–water partition coefficient (Wildman–Crippen LogP) is 3.73. The van der Waals surface area contributed by atoms with Crippen molar-refractivity contribution in [1.82, 2.24) is 15.3 Å². The van der Waals surface area contributed by atoms with Crippen LogP contribution in [0.1, 0.15) is 37.6 Å². The van der Waals surface area contributed by atoms with Gasteiger partial charge in [0.1, 0.15) is 5.75 Å². The molecule has 0 radical (unpaired) electrons. The summed E-state index contributed by atoms with van der Waals surface area (Å²) in [5.41, 5.74) is 2.00. The van der Waals surface area contributed by atoms with Gasteiger partial charge in [0.05, 0.1) is 24.5 Å². The van der Waals surface area contributed by atoms with E-state index in [1.54, 1.807) is 12.4 Å². The second kappa shape index (κ2) is 8.10. The van der Waals surface area contributed by atoms with Crippen LogP contribution in [0.25, 0.3) is 0 Å². The average Bonchev–Trinajstić information content (AvgIpc) is 2.52. The van der Waals surface area contributed by atoms with Crippen molar-refractivity contribution in [3.8, 4) is 5.75 Å². The molecule has 2 heterocycles. The Balaban J connectivity index is 2.32. The summed E-state index contributed by atoms with van der Waals surface area (Å²) in [6.07, 6.45) is 6.38. The molecule has 0 aliphatic carbocycles. The fourth-order valence-corrected chi connectivity index (χ4v) is 2.56. The zero-order chi connectivity index (χ0) is 15.1. The highest BCUT2D eigenvalue weighted by Gasteiger charge is 2.18. The van der Waals surface area contributed by atoms with Gasteiger partial charge >= 0.3 is 0 Å². The molecule has 0 aliphatic heterocycles. The summed E-state index contributed by atoms with van der Waals surface area (Å²) < 4.78 is 6.65. The molecule has 2 aromatic rings. The number of hydrogen-bond donors (Lipinski definition) is 1. The molecule has 2 rings (SSSR count). The van der Waals surface area contributed by atoms with Gasteiger partial charge in [-0.15, -0.1) is 0 Å². The van der Waals surface area contributed by atoms with Crippen LogP contribution >= 0.6 is 15.9 Å². The Kier molecular flexibility index (Phi) is 6.14. The number of pyridine rings is 2. The normalized spacial score (nSPS) is 12.1. The third kappa shape index (κ3) is 4.25. The first kappa shape index (κ1) is 15.9. The topological polar surface area (TPSA) is 47.0 Å². The second-order valence-corrected chi connectivity index (χ2v) is 5.52. The van der Waals surface area contributed by atoms with E-state index in [-0.39, 0.29) is 6.04 Å². The molecule has 0 spiro atoms. The SMILES string of the molecule is CCCOc1cncc(C(NCC)c2ncccc2Br)c1. The smallest absolute Gasteiger partial charge is 0.137 e. The van der Waals surface area contributed by atoms with Gasteiger partial charge in [-0.25, -0.2) is 0 Å². The summed E-state index contributed by atoms with van der Waals surface area (Å²) >= 11 is 3.57. The average molecular weight is 350 g/mol. The van der Waals surface area contributed by atoms with Crippen LogP contribution < -0.4 is 10.1 Å². The van der Waals surface area contributed by atoms with Crippen molar-refractivity contribution in [1.29, 1.82) is 0 Å². The molecule has 0 aromatic carbocycles. The Morgan fingerprint density at radius 1 is 1.33 bits per heavy atom. The number of nitrogens with one attached hydrogen (secondary N) is 1. The van der Waals surface area contributed by atoms with E-state index >= 15 is 0 Å². The zero-order valence-electron chi connectivity index (χ0n) is 12.3. The van der Waals surface area contributed by atoms with Crippen LogP contribution in [0.3, 0.4) is 0 Å². The van der Waals surface area contributed by atoms with E-state index in [2.05, 4.69) is 45.1 Å². The maximum atomic E-state index is 5.67. The first-order valence-corrected chi connectivity index (χ1v) is 7.97. The monoisotopic (exact) mass is 349 g/mol. The fourth-order valence-electron chi connectivity index (χ4n) is 2.08. The van der Waals surface area contributed by atoms with Crippen LogP contribution in [0.2, 0.25) is 0 Å². The van der Waals surface area contributed by atoms with Gasteiger partial charge in [-0.1, -0.05) is 13.8 Å². The molecular formula is C16H20BrN3O. The Bertz CT molecular complexity index is 577. The van der Waals surface area contributed by atoms with Gasteiger partial charge in [0.25, 0.3) is 0 Å². The van der Waals surface area contributed by atoms with Crippen LogP contribution in [0.15, 0.2) is 41.3 Å². The van der Waals surface area contributed by atoms with Crippen molar-refractivity contribution in [2.45, 2.75) is 26.3 Å². The number of hydrogen-bond acceptors (Lipinski definition) is 4. The molecule has 0 saturated carbocycles. The highest BCUT2D eigenvalue weighted by molar-refractivity contribution is 9.10. The van der Waals surface area contributed by atoms with Crippen LogP contribution in [-0.2, 0) is 0 Å². The maximum Gasteiger partial charge on any atom is 0.137 e. The molecule has 1 atom stereocenters. The lowest BCUT2D eigenvalue weighted by Crippen LogP contribution is -2.23. The van der Waals surface area contributed by atoms with E-state index in [9.17, 15) is 0 Å². The fraction of sp³-hybridized carbons (Fsp3) is 0.375. The zero-order valence-corrected chi connectivity index (χ0v) is 13.9. The van der Waals surface area contributed by atoms with Gasteiger partial charge in [-0.2, -0.15) is 0 Å². The molecule has 0 aliphatic rings. The molecule has 0 amide bonds. The van der Waals surface area contributed by atoms with E-state index in [1.807, 2.05) is 24.4 Å². The van der Waals surface area contributed by atoms with Crippen molar-refractivity contribution in [2.75, 3.05) is 13.2 Å². The molecule has 2 aromatic heterocycles.